The topological polar surface area (TPSA) is 34.1 Å². The van der Waals surface area contributed by atoms with Crippen molar-refractivity contribution in [1.82, 2.24) is 0 Å². The Morgan fingerprint density at radius 2 is 1.39 bits per heavy atom. The van der Waals surface area contributed by atoms with Crippen LogP contribution < -0.4 is 0 Å². The number of ketones is 2. The number of unbranched alkanes of at least 4 members (excludes halogenated alkanes) is 1. The molecule has 0 bridgehead atoms. The average Bonchev–Trinajstić information content (AvgIpc) is 3.57. The molecule has 174 valence electrons. The van der Waals surface area contributed by atoms with E-state index in [4.69, 9.17) is 0 Å². The first-order chi connectivity index (χ1) is 15.7. The van der Waals surface area contributed by atoms with Crippen LogP contribution in [-0.2, 0) is 23.5 Å². The van der Waals surface area contributed by atoms with Crippen molar-refractivity contribution in [1.29, 1.82) is 0 Å². The monoisotopic (exact) mass is 476 g/mol. The molecular weight excluding hydrogens is 448 g/mol. The molecule has 3 heteroatoms. The van der Waals surface area contributed by atoms with Crippen LogP contribution in [0.25, 0.3) is 6.08 Å². The van der Waals surface area contributed by atoms with Gasteiger partial charge in [0.1, 0.15) is 5.78 Å². The number of aryl methyl sites for hydroxylation is 1. The van der Waals surface area contributed by atoms with Crippen molar-refractivity contribution in [2.45, 2.75) is 25.7 Å². The van der Waals surface area contributed by atoms with E-state index in [1.165, 1.54) is 5.56 Å². The Labute approximate surface area is 207 Å². The SMILES string of the molecule is O=C(C=Cc1ccccc1)[c-]1cccc1.O=C(CCCCc1ccccc1)[c-]1[cH-][cH-][cH-][cH-]1.[Fe]. The number of carbonyl (C=O) groups is 2. The van der Waals surface area contributed by atoms with E-state index >= 15 is 0 Å². The van der Waals surface area contributed by atoms with Gasteiger partial charge in [0, 0.05) is 17.1 Å². The number of hydrogen-bond donors (Lipinski definition) is 0. The Hall–Kier alpha value is -3.26. The first kappa shape index (κ1) is 26.0. The summed E-state index contributed by atoms with van der Waals surface area (Å²) < 4.78 is 0. The summed E-state index contributed by atoms with van der Waals surface area (Å²) in [5, 5.41) is 0. The maximum atomic E-state index is 11.7. The Morgan fingerprint density at radius 3 is 2.03 bits per heavy atom. The molecule has 0 aliphatic heterocycles. The van der Waals surface area contributed by atoms with Crippen LogP contribution >= 0.6 is 0 Å². The van der Waals surface area contributed by atoms with Crippen LogP contribution in [0.15, 0.2) is 115 Å². The molecule has 0 aliphatic carbocycles. The van der Waals surface area contributed by atoms with Crippen LogP contribution in [0.5, 0.6) is 0 Å². The van der Waals surface area contributed by atoms with Gasteiger partial charge in [0.15, 0.2) is 0 Å². The summed E-state index contributed by atoms with van der Waals surface area (Å²) in [6, 6.07) is 35.2. The molecule has 0 N–H and O–H groups in total. The molecule has 0 heterocycles. The molecule has 0 saturated carbocycles. The molecular formula is C30H28FeO2-6. The number of hydrogen-bond acceptors (Lipinski definition) is 2. The smallest absolute Gasteiger partial charge is 0.105 e. The molecule has 4 rings (SSSR count). The quantitative estimate of drug-likeness (QED) is 0.0835. The third kappa shape index (κ3) is 9.41. The molecule has 0 amide bonds. The minimum atomic E-state index is 0. The molecule has 2 nitrogen and oxygen atoms in total. The summed E-state index contributed by atoms with van der Waals surface area (Å²) in [7, 11) is 0. The van der Waals surface area contributed by atoms with Crippen molar-refractivity contribution in [3.63, 3.8) is 0 Å². The van der Waals surface area contributed by atoms with E-state index in [1.807, 2.05) is 91.0 Å². The van der Waals surface area contributed by atoms with Gasteiger partial charge in [0.25, 0.3) is 0 Å². The minimum absolute atomic E-state index is 0. The van der Waals surface area contributed by atoms with Crippen LogP contribution in [0.4, 0.5) is 0 Å². The van der Waals surface area contributed by atoms with Crippen molar-refractivity contribution in [2.75, 3.05) is 0 Å². The van der Waals surface area contributed by atoms with Crippen LogP contribution in [0.3, 0.4) is 0 Å². The fourth-order valence-electron chi connectivity index (χ4n) is 3.33. The predicted molar refractivity (Wildman–Crippen MR) is 132 cm³/mol. The largest absolute Gasteiger partial charge is 0.718 e. The van der Waals surface area contributed by atoms with Gasteiger partial charge in [-0.3, -0.25) is 5.78 Å². The molecule has 0 aromatic heterocycles. The van der Waals surface area contributed by atoms with E-state index in [9.17, 15) is 9.59 Å². The Kier molecular flexibility index (Phi) is 11.6. The number of benzene rings is 2. The van der Waals surface area contributed by atoms with Gasteiger partial charge in [-0.15, -0.1) is 18.6 Å². The van der Waals surface area contributed by atoms with Gasteiger partial charge >= 0.3 is 0 Å². The molecule has 33 heavy (non-hydrogen) atoms. The number of allylic oxidation sites excluding steroid dienone is 1. The predicted octanol–water partition coefficient (Wildman–Crippen LogP) is 7.30. The Bertz CT molecular complexity index is 1080. The summed E-state index contributed by atoms with van der Waals surface area (Å²) in [6.45, 7) is 0. The standard InChI is InChI=1S/C16H17O.C14H11O.Fe/c17-16(15-11-5-6-12-15)13-7-4-10-14-8-2-1-3-9-14;15-14(13-8-4-5-9-13)11-10-12-6-2-1-3-7-12;/h1-3,5-6,8-9,11-12H,4,7,10,13H2;1-11H;/q-5;-1;. The fraction of sp³-hybridized carbons (Fsp3) is 0.133. The molecule has 4 aromatic rings. The van der Waals surface area contributed by atoms with Crippen molar-refractivity contribution >= 4 is 17.6 Å². The van der Waals surface area contributed by atoms with Gasteiger partial charge in [-0.05, 0) is 17.5 Å². The zero-order valence-electron chi connectivity index (χ0n) is 18.5. The second kappa shape index (κ2) is 14.7. The van der Waals surface area contributed by atoms with E-state index in [0.717, 1.165) is 36.0 Å². The molecule has 0 atom stereocenters. The molecule has 0 unspecified atom stereocenters. The zero-order chi connectivity index (χ0) is 22.4. The van der Waals surface area contributed by atoms with Gasteiger partial charge in [-0.2, -0.15) is 12.1 Å². The second-order valence-corrected chi connectivity index (χ2v) is 7.57. The summed E-state index contributed by atoms with van der Waals surface area (Å²) >= 11 is 0. The average molecular weight is 476 g/mol. The van der Waals surface area contributed by atoms with E-state index in [1.54, 1.807) is 6.08 Å². The molecule has 0 saturated heterocycles. The summed E-state index contributed by atoms with van der Waals surface area (Å²) in [5.74, 6) is 0.312. The van der Waals surface area contributed by atoms with Gasteiger partial charge in [0.05, 0.1) is 0 Å². The molecule has 0 radical (unpaired) electrons. The minimum Gasteiger partial charge on any atom is -0.718 e. The van der Waals surface area contributed by atoms with Crippen molar-refractivity contribution in [2.24, 2.45) is 0 Å². The van der Waals surface area contributed by atoms with Crippen molar-refractivity contribution < 1.29 is 26.7 Å². The van der Waals surface area contributed by atoms with Gasteiger partial charge in [0.2, 0.25) is 0 Å². The Morgan fingerprint density at radius 1 is 0.788 bits per heavy atom. The molecule has 4 aromatic carbocycles. The first-order valence-electron chi connectivity index (χ1n) is 11.0. The van der Waals surface area contributed by atoms with Gasteiger partial charge in [-0.1, -0.05) is 91.2 Å². The maximum Gasteiger partial charge on any atom is 0.105 e. The number of Topliss-reactive ketones (excluding diaryl/α,β-unsaturated/α-hetero) is 1. The van der Waals surface area contributed by atoms with Crippen molar-refractivity contribution in [3.05, 3.63) is 138 Å². The van der Waals surface area contributed by atoms with E-state index < -0.39 is 0 Å². The number of rotatable bonds is 9. The van der Waals surface area contributed by atoms with E-state index in [2.05, 4.69) is 24.3 Å². The van der Waals surface area contributed by atoms with E-state index in [-0.39, 0.29) is 28.6 Å². The van der Waals surface area contributed by atoms with Crippen LogP contribution in [0, 0.1) is 0 Å². The first-order valence-corrected chi connectivity index (χ1v) is 11.0. The van der Waals surface area contributed by atoms with Crippen LogP contribution in [-0.4, -0.2) is 11.6 Å². The third-order valence-electron chi connectivity index (χ3n) is 5.12. The number of carbonyl (C=O) groups excluding carboxylic acids is 2. The third-order valence-corrected chi connectivity index (χ3v) is 5.12. The van der Waals surface area contributed by atoms with Crippen LogP contribution in [0.1, 0.15) is 51.1 Å². The fourth-order valence-corrected chi connectivity index (χ4v) is 3.33. The second-order valence-electron chi connectivity index (χ2n) is 7.57. The summed E-state index contributed by atoms with van der Waals surface area (Å²) in [4.78, 5) is 23.3. The zero-order valence-corrected chi connectivity index (χ0v) is 19.6. The molecule has 0 spiro atoms. The van der Waals surface area contributed by atoms with Crippen molar-refractivity contribution in [3.8, 4) is 0 Å². The summed E-state index contributed by atoms with van der Waals surface area (Å²) in [6.07, 6.45) is 7.21. The van der Waals surface area contributed by atoms with Crippen LogP contribution in [0.2, 0.25) is 0 Å². The van der Waals surface area contributed by atoms with E-state index in [0.29, 0.717) is 6.42 Å². The Balaban J connectivity index is 0.000000228. The van der Waals surface area contributed by atoms with Gasteiger partial charge < -0.3 is 39.4 Å². The molecule has 0 aliphatic rings. The molecule has 0 fully saturated rings. The van der Waals surface area contributed by atoms with Gasteiger partial charge in [-0.25, -0.2) is 0 Å². The normalized spacial score (nSPS) is 10.2. The summed E-state index contributed by atoms with van der Waals surface area (Å²) in [5.41, 5.74) is 3.98. The maximum absolute atomic E-state index is 11.7.